The van der Waals surface area contributed by atoms with Crippen LogP contribution in [0.15, 0.2) is 42.7 Å². The molecule has 1 aromatic heterocycles. The Bertz CT molecular complexity index is 797. The summed E-state index contributed by atoms with van der Waals surface area (Å²) in [5, 5.41) is 5.30. The molecule has 4 rings (SSSR count). The fourth-order valence-corrected chi connectivity index (χ4v) is 4.00. The molecule has 0 amide bonds. The maximum absolute atomic E-state index is 4.30. The maximum Gasteiger partial charge on any atom is 0.0352 e. The van der Waals surface area contributed by atoms with Crippen LogP contribution in [0.1, 0.15) is 49.1 Å². The Kier molecular flexibility index (Phi) is 3.14. The fraction of sp³-hybridized carbons (Fsp3) is 0.350. The first-order valence-electron chi connectivity index (χ1n) is 8.10. The topological polar surface area (TPSA) is 12.9 Å². The first-order chi connectivity index (χ1) is 10.3. The van der Waals surface area contributed by atoms with Gasteiger partial charge in [0.2, 0.25) is 0 Å². The minimum absolute atomic E-state index is 0.771. The maximum atomic E-state index is 4.30. The second-order valence-corrected chi connectivity index (χ2v) is 6.37. The van der Waals surface area contributed by atoms with Gasteiger partial charge in [-0.05, 0) is 59.0 Å². The summed E-state index contributed by atoms with van der Waals surface area (Å²) >= 11 is 0. The third-order valence-electron chi connectivity index (χ3n) is 5.18. The molecule has 1 nitrogen and oxygen atoms in total. The molecule has 0 atom stereocenters. The van der Waals surface area contributed by atoms with E-state index < -0.39 is 0 Å². The summed E-state index contributed by atoms with van der Waals surface area (Å²) in [6.45, 7) is 2.30. The number of aromatic nitrogens is 1. The van der Waals surface area contributed by atoms with Crippen molar-refractivity contribution in [3.05, 3.63) is 53.9 Å². The van der Waals surface area contributed by atoms with E-state index in [0.717, 1.165) is 5.92 Å². The van der Waals surface area contributed by atoms with E-state index in [1.165, 1.54) is 59.2 Å². The number of fused-ring (bicyclic) bond motifs is 3. The molecule has 3 aromatic rings. The first kappa shape index (κ1) is 12.8. The zero-order valence-corrected chi connectivity index (χ0v) is 12.6. The lowest BCUT2D eigenvalue weighted by atomic mass is 9.81. The largest absolute Gasteiger partial charge is 0.264 e. The second kappa shape index (κ2) is 5.14. The van der Waals surface area contributed by atoms with Crippen molar-refractivity contribution in [3.63, 3.8) is 0 Å². The van der Waals surface area contributed by atoms with Gasteiger partial charge < -0.3 is 0 Å². The molecule has 2 aromatic carbocycles. The molecule has 0 unspecified atom stereocenters. The van der Waals surface area contributed by atoms with Gasteiger partial charge in [-0.1, -0.05) is 43.5 Å². The van der Waals surface area contributed by atoms with E-state index in [0.29, 0.717) is 0 Å². The van der Waals surface area contributed by atoms with Crippen molar-refractivity contribution in [1.29, 1.82) is 0 Å². The van der Waals surface area contributed by atoms with E-state index in [-0.39, 0.29) is 0 Å². The van der Waals surface area contributed by atoms with E-state index in [9.17, 15) is 0 Å². The molecule has 0 radical (unpaired) electrons. The van der Waals surface area contributed by atoms with E-state index in [4.69, 9.17) is 0 Å². The van der Waals surface area contributed by atoms with Crippen molar-refractivity contribution in [2.45, 2.75) is 44.9 Å². The van der Waals surface area contributed by atoms with Crippen LogP contribution in [0.4, 0.5) is 0 Å². The van der Waals surface area contributed by atoms with Crippen LogP contribution < -0.4 is 0 Å². The minimum Gasteiger partial charge on any atom is -0.264 e. The molecule has 0 spiro atoms. The Hall–Kier alpha value is -1.89. The summed E-state index contributed by atoms with van der Waals surface area (Å²) in [5.41, 5.74) is 3.05. The van der Waals surface area contributed by atoms with Crippen LogP contribution >= 0.6 is 0 Å². The van der Waals surface area contributed by atoms with Crippen molar-refractivity contribution in [2.24, 2.45) is 0 Å². The van der Waals surface area contributed by atoms with Gasteiger partial charge in [-0.3, -0.25) is 4.98 Å². The number of benzene rings is 2. The van der Waals surface area contributed by atoms with Crippen molar-refractivity contribution >= 4 is 21.5 Å². The highest BCUT2D eigenvalue weighted by molar-refractivity contribution is 6.08. The third-order valence-corrected chi connectivity index (χ3v) is 5.18. The van der Waals surface area contributed by atoms with Crippen LogP contribution in [0.3, 0.4) is 0 Å². The molecule has 1 heteroatoms. The summed E-state index contributed by atoms with van der Waals surface area (Å²) < 4.78 is 0. The molecule has 21 heavy (non-hydrogen) atoms. The summed E-state index contributed by atoms with van der Waals surface area (Å²) in [6, 6.07) is 11.3. The zero-order chi connectivity index (χ0) is 14.2. The van der Waals surface area contributed by atoms with Gasteiger partial charge in [0, 0.05) is 17.8 Å². The highest BCUT2D eigenvalue weighted by atomic mass is 14.6. The highest BCUT2D eigenvalue weighted by Gasteiger charge is 2.18. The van der Waals surface area contributed by atoms with Crippen molar-refractivity contribution in [1.82, 2.24) is 4.98 Å². The van der Waals surface area contributed by atoms with Crippen LogP contribution in [-0.4, -0.2) is 4.98 Å². The van der Waals surface area contributed by atoms with Crippen LogP contribution in [0, 0.1) is 6.92 Å². The molecule has 0 saturated heterocycles. The van der Waals surface area contributed by atoms with Gasteiger partial charge in [-0.25, -0.2) is 0 Å². The molecule has 1 aliphatic rings. The quantitative estimate of drug-likeness (QED) is 0.516. The normalized spacial score (nSPS) is 16.6. The van der Waals surface area contributed by atoms with Crippen LogP contribution in [0.25, 0.3) is 21.5 Å². The van der Waals surface area contributed by atoms with Crippen molar-refractivity contribution < 1.29 is 0 Å². The van der Waals surface area contributed by atoms with Crippen molar-refractivity contribution in [2.75, 3.05) is 0 Å². The molecular weight excluding hydrogens is 254 g/mol. The molecular formula is C20H21N. The monoisotopic (exact) mass is 275 g/mol. The van der Waals surface area contributed by atoms with Gasteiger partial charge in [0.25, 0.3) is 0 Å². The highest BCUT2D eigenvalue weighted by Crippen LogP contribution is 2.37. The number of aryl methyl sites for hydroxylation is 1. The summed E-state index contributed by atoms with van der Waals surface area (Å²) in [6.07, 6.45) is 10.8. The molecule has 1 aliphatic carbocycles. The number of hydrogen-bond donors (Lipinski definition) is 0. The zero-order valence-electron chi connectivity index (χ0n) is 12.6. The Morgan fingerprint density at radius 1 is 0.857 bits per heavy atom. The average Bonchev–Trinajstić information content (AvgIpc) is 2.56. The Balaban J connectivity index is 1.92. The van der Waals surface area contributed by atoms with E-state index in [1.807, 2.05) is 12.4 Å². The van der Waals surface area contributed by atoms with Gasteiger partial charge in [-0.2, -0.15) is 0 Å². The Morgan fingerprint density at radius 3 is 2.52 bits per heavy atom. The van der Waals surface area contributed by atoms with Crippen molar-refractivity contribution in [3.8, 4) is 0 Å². The molecule has 1 saturated carbocycles. The number of nitrogens with zero attached hydrogens (tertiary/aromatic N) is 1. The second-order valence-electron chi connectivity index (χ2n) is 6.37. The lowest BCUT2D eigenvalue weighted by Crippen LogP contribution is -2.06. The SMILES string of the molecule is Cc1c(C2CCCCC2)ccc2c1ccc1ccncc12. The van der Waals surface area contributed by atoms with Crippen LogP contribution in [0.2, 0.25) is 0 Å². The Labute approximate surface area is 126 Å². The predicted molar refractivity (Wildman–Crippen MR) is 89.8 cm³/mol. The molecule has 106 valence electrons. The summed E-state index contributed by atoms with van der Waals surface area (Å²) in [4.78, 5) is 4.30. The number of hydrogen-bond acceptors (Lipinski definition) is 1. The lowest BCUT2D eigenvalue weighted by Gasteiger charge is -2.24. The van der Waals surface area contributed by atoms with Gasteiger partial charge >= 0.3 is 0 Å². The fourth-order valence-electron chi connectivity index (χ4n) is 4.00. The molecule has 1 fully saturated rings. The number of pyridine rings is 1. The standard InChI is InChI=1S/C20H21N/c1-14-17(15-5-3-2-4-6-15)9-10-19-18(14)8-7-16-11-12-21-13-20(16)19/h7-13,15H,2-6H2,1H3. The smallest absolute Gasteiger partial charge is 0.0352 e. The van der Waals surface area contributed by atoms with Gasteiger partial charge in [0.05, 0.1) is 0 Å². The lowest BCUT2D eigenvalue weighted by molar-refractivity contribution is 0.443. The van der Waals surface area contributed by atoms with Gasteiger partial charge in [-0.15, -0.1) is 0 Å². The third kappa shape index (κ3) is 2.12. The van der Waals surface area contributed by atoms with E-state index in [1.54, 1.807) is 5.56 Å². The minimum atomic E-state index is 0.771. The molecule has 1 heterocycles. The molecule has 0 bridgehead atoms. The van der Waals surface area contributed by atoms with Crippen LogP contribution in [-0.2, 0) is 0 Å². The average molecular weight is 275 g/mol. The Morgan fingerprint density at radius 2 is 1.67 bits per heavy atom. The number of rotatable bonds is 1. The van der Waals surface area contributed by atoms with Gasteiger partial charge in [0.15, 0.2) is 0 Å². The molecule has 0 N–H and O–H groups in total. The van der Waals surface area contributed by atoms with E-state index >= 15 is 0 Å². The van der Waals surface area contributed by atoms with Crippen LogP contribution in [0.5, 0.6) is 0 Å². The van der Waals surface area contributed by atoms with E-state index in [2.05, 4.69) is 42.2 Å². The molecule has 0 aliphatic heterocycles. The predicted octanol–water partition coefficient (Wildman–Crippen LogP) is 5.74. The first-order valence-corrected chi connectivity index (χ1v) is 8.10. The van der Waals surface area contributed by atoms with Gasteiger partial charge in [0.1, 0.15) is 0 Å². The summed E-state index contributed by atoms with van der Waals surface area (Å²) in [7, 11) is 0. The summed E-state index contributed by atoms with van der Waals surface area (Å²) in [5.74, 6) is 0.771.